The predicted molar refractivity (Wildman–Crippen MR) is 65.6 cm³/mol. The van der Waals surface area contributed by atoms with Gasteiger partial charge in [-0.3, -0.25) is 0 Å². The molecule has 0 aliphatic carbocycles. The molecule has 0 heterocycles. The largest absolute Gasteiger partial charge is 0.319 e. The van der Waals surface area contributed by atoms with Gasteiger partial charge in [-0.1, -0.05) is 47.0 Å². The zero-order valence-electron chi connectivity index (χ0n) is 10.8. The average molecular weight is 199 g/mol. The summed E-state index contributed by atoms with van der Waals surface area (Å²) >= 11 is 0. The Kier molecular flexibility index (Phi) is 7.26. The van der Waals surface area contributed by atoms with Crippen molar-refractivity contribution in [1.29, 1.82) is 0 Å². The molecule has 1 N–H and O–H groups in total. The molecule has 0 aliphatic rings. The summed E-state index contributed by atoms with van der Waals surface area (Å²) < 4.78 is 0. The van der Waals surface area contributed by atoms with Crippen LogP contribution in [-0.2, 0) is 0 Å². The highest BCUT2D eigenvalue weighted by Gasteiger charge is 2.21. The van der Waals surface area contributed by atoms with E-state index in [2.05, 4.69) is 40.1 Å². The molecule has 0 aromatic heterocycles. The summed E-state index contributed by atoms with van der Waals surface area (Å²) in [6, 6.07) is 0. The van der Waals surface area contributed by atoms with Gasteiger partial charge in [0.25, 0.3) is 0 Å². The first kappa shape index (κ1) is 14.0. The van der Waals surface area contributed by atoms with Gasteiger partial charge in [0.1, 0.15) is 0 Å². The Balaban J connectivity index is 3.83. The molecule has 86 valence electrons. The summed E-state index contributed by atoms with van der Waals surface area (Å²) in [6.45, 7) is 10.5. The molecule has 0 aromatic rings. The Morgan fingerprint density at radius 3 is 2.29 bits per heavy atom. The van der Waals surface area contributed by atoms with Gasteiger partial charge in [0.15, 0.2) is 0 Å². The van der Waals surface area contributed by atoms with Crippen molar-refractivity contribution in [2.24, 2.45) is 11.3 Å². The van der Waals surface area contributed by atoms with E-state index < -0.39 is 0 Å². The highest BCUT2D eigenvalue weighted by molar-refractivity contribution is 4.75. The molecule has 1 heteroatoms. The number of hydrogen-bond acceptors (Lipinski definition) is 1. The smallest absolute Gasteiger partial charge is 0.000215 e. The van der Waals surface area contributed by atoms with Gasteiger partial charge in [-0.05, 0) is 31.2 Å². The van der Waals surface area contributed by atoms with E-state index in [1.807, 2.05) is 0 Å². The second-order valence-corrected chi connectivity index (χ2v) is 5.38. The molecule has 0 aliphatic heterocycles. The first-order valence-electron chi connectivity index (χ1n) is 6.18. The lowest BCUT2D eigenvalue weighted by atomic mass is 9.80. The first-order valence-corrected chi connectivity index (χ1v) is 6.18. The van der Waals surface area contributed by atoms with Gasteiger partial charge in [-0.2, -0.15) is 0 Å². The maximum absolute atomic E-state index is 3.33. The van der Waals surface area contributed by atoms with Crippen molar-refractivity contribution < 1.29 is 0 Å². The molecule has 1 unspecified atom stereocenters. The van der Waals surface area contributed by atoms with Crippen molar-refractivity contribution in [2.45, 2.75) is 59.8 Å². The Bertz CT molecular complexity index is 123. The van der Waals surface area contributed by atoms with E-state index in [1.54, 1.807) is 0 Å². The van der Waals surface area contributed by atoms with Crippen molar-refractivity contribution in [1.82, 2.24) is 5.32 Å². The molecule has 0 saturated heterocycles. The molecule has 1 atom stereocenters. The highest BCUT2D eigenvalue weighted by Crippen LogP contribution is 2.29. The van der Waals surface area contributed by atoms with Gasteiger partial charge in [0.2, 0.25) is 0 Å². The minimum Gasteiger partial charge on any atom is -0.319 e. The third-order valence-electron chi connectivity index (χ3n) is 3.02. The molecule has 14 heavy (non-hydrogen) atoms. The van der Waals surface area contributed by atoms with Crippen LogP contribution in [0.25, 0.3) is 0 Å². The monoisotopic (exact) mass is 199 g/mol. The van der Waals surface area contributed by atoms with Crippen molar-refractivity contribution in [3.8, 4) is 0 Å². The zero-order valence-corrected chi connectivity index (χ0v) is 10.8. The number of rotatable bonds is 8. The van der Waals surface area contributed by atoms with Crippen LogP contribution in [0.1, 0.15) is 59.8 Å². The topological polar surface area (TPSA) is 12.0 Å². The normalized spacial score (nSPS) is 15.9. The van der Waals surface area contributed by atoms with Crippen LogP contribution in [0.15, 0.2) is 0 Å². The van der Waals surface area contributed by atoms with Crippen molar-refractivity contribution >= 4 is 0 Å². The van der Waals surface area contributed by atoms with Crippen molar-refractivity contribution in [3.05, 3.63) is 0 Å². The lowest BCUT2D eigenvalue weighted by molar-refractivity contribution is 0.248. The quantitative estimate of drug-likeness (QED) is 0.626. The van der Waals surface area contributed by atoms with Gasteiger partial charge < -0.3 is 5.32 Å². The molecular weight excluding hydrogens is 170 g/mol. The van der Waals surface area contributed by atoms with Crippen LogP contribution < -0.4 is 5.32 Å². The minimum atomic E-state index is 0.526. The van der Waals surface area contributed by atoms with Gasteiger partial charge in [0, 0.05) is 6.54 Å². The summed E-state index contributed by atoms with van der Waals surface area (Å²) in [6.07, 6.45) is 6.80. The summed E-state index contributed by atoms with van der Waals surface area (Å²) in [7, 11) is 2.07. The molecule has 0 saturated carbocycles. The Labute approximate surface area is 90.7 Å². The lowest BCUT2D eigenvalue weighted by Crippen LogP contribution is -2.29. The van der Waals surface area contributed by atoms with Crippen LogP contribution in [0.2, 0.25) is 0 Å². The Morgan fingerprint density at radius 1 is 1.21 bits per heavy atom. The molecule has 0 fully saturated rings. The fourth-order valence-corrected chi connectivity index (χ4v) is 2.27. The number of nitrogens with one attached hydrogen (secondary N) is 1. The fourth-order valence-electron chi connectivity index (χ4n) is 2.27. The number of hydrogen-bond donors (Lipinski definition) is 1. The van der Waals surface area contributed by atoms with Gasteiger partial charge in [0.05, 0.1) is 0 Å². The fraction of sp³-hybridized carbons (Fsp3) is 1.00. The van der Waals surface area contributed by atoms with Gasteiger partial charge >= 0.3 is 0 Å². The van der Waals surface area contributed by atoms with Crippen LogP contribution in [0.3, 0.4) is 0 Å². The second kappa shape index (κ2) is 7.28. The third kappa shape index (κ3) is 6.42. The third-order valence-corrected chi connectivity index (χ3v) is 3.02. The van der Waals surface area contributed by atoms with Gasteiger partial charge in [-0.25, -0.2) is 0 Å². The molecule has 0 amide bonds. The SMILES string of the molecule is CCCC(C)(CCCC(C)C)CNC. The van der Waals surface area contributed by atoms with Crippen molar-refractivity contribution in [3.63, 3.8) is 0 Å². The predicted octanol–water partition coefficient (Wildman–Crippen LogP) is 3.84. The summed E-state index contributed by atoms with van der Waals surface area (Å²) in [4.78, 5) is 0. The van der Waals surface area contributed by atoms with Crippen LogP contribution in [0, 0.1) is 11.3 Å². The second-order valence-electron chi connectivity index (χ2n) is 5.38. The van der Waals surface area contributed by atoms with E-state index >= 15 is 0 Å². The van der Waals surface area contributed by atoms with Crippen molar-refractivity contribution in [2.75, 3.05) is 13.6 Å². The molecule has 0 rings (SSSR count). The van der Waals surface area contributed by atoms with Gasteiger partial charge in [-0.15, -0.1) is 0 Å². The summed E-state index contributed by atoms with van der Waals surface area (Å²) in [5.74, 6) is 0.857. The van der Waals surface area contributed by atoms with E-state index in [9.17, 15) is 0 Å². The highest BCUT2D eigenvalue weighted by atomic mass is 14.8. The van der Waals surface area contributed by atoms with E-state index in [-0.39, 0.29) is 0 Å². The molecule has 1 nitrogen and oxygen atoms in total. The molecule has 0 radical (unpaired) electrons. The van der Waals surface area contributed by atoms with Crippen LogP contribution in [-0.4, -0.2) is 13.6 Å². The molecule has 0 spiro atoms. The lowest BCUT2D eigenvalue weighted by Gasteiger charge is -2.29. The zero-order chi connectivity index (χ0) is 11.0. The van der Waals surface area contributed by atoms with E-state index in [0.717, 1.165) is 5.92 Å². The molecular formula is C13H29N. The Hall–Kier alpha value is -0.0400. The van der Waals surface area contributed by atoms with Crippen LogP contribution in [0.5, 0.6) is 0 Å². The maximum Gasteiger partial charge on any atom is 0.000215 e. The van der Waals surface area contributed by atoms with E-state index in [0.29, 0.717) is 5.41 Å². The van der Waals surface area contributed by atoms with E-state index in [1.165, 1.54) is 38.6 Å². The standard InChI is InChI=1S/C13H29N/c1-6-9-13(4,11-14-5)10-7-8-12(2)3/h12,14H,6-11H2,1-5H3. The minimum absolute atomic E-state index is 0.526. The van der Waals surface area contributed by atoms with E-state index in [4.69, 9.17) is 0 Å². The molecule has 0 bridgehead atoms. The van der Waals surface area contributed by atoms with Crippen LogP contribution >= 0.6 is 0 Å². The summed E-state index contributed by atoms with van der Waals surface area (Å²) in [5.41, 5.74) is 0.526. The van der Waals surface area contributed by atoms with Crippen LogP contribution in [0.4, 0.5) is 0 Å². The average Bonchev–Trinajstić information content (AvgIpc) is 2.03. The summed E-state index contributed by atoms with van der Waals surface area (Å²) in [5, 5.41) is 3.33. The first-order chi connectivity index (χ1) is 6.54. The Morgan fingerprint density at radius 2 is 1.86 bits per heavy atom. The maximum atomic E-state index is 3.33. The molecule has 0 aromatic carbocycles.